The molecular weight excluding hydrogens is 240 g/mol. The van der Waals surface area contributed by atoms with Gasteiger partial charge in [0.2, 0.25) is 15.9 Å². The maximum absolute atomic E-state index is 12.0. The van der Waals surface area contributed by atoms with Gasteiger partial charge in [-0.2, -0.15) is 0 Å². The Morgan fingerprint density at radius 2 is 1.88 bits per heavy atom. The van der Waals surface area contributed by atoms with Gasteiger partial charge in [0.05, 0.1) is 5.75 Å². The summed E-state index contributed by atoms with van der Waals surface area (Å²) in [5.41, 5.74) is 0. The molecular formula is C11H20N2O3S. The third-order valence-corrected chi connectivity index (χ3v) is 4.85. The number of rotatable bonds is 3. The van der Waals surface area contributed by atoms with Crippen molar-refractivity contribution in [1.82, 2.24) is 4.90 Å². The zero-order chi connectivity index (χ0) is 12.8. The van der Waals surface area contributed by atoms with Crippen LogP contribution in [0.15, 0.2) is 0 Å². The summed E-state index contributed by atoms with van der Waals surface area (Å²) in [6.45, 7) is 5.27. The van der Waals surface area contributed by atoms with Gasteiger partial charge in [0.1, 0.15) is 0 Å². The molecule has 1 amide bonds. The third-order valence-electron chi connectivity index (χ3n) is 3.95. The molecule has 2 N–H and O–H groups in total. The van der Waals surface area contributed by atoms with Crippen LogP contribution in [0.1, 0.15) is 20.3 Å². The van der Waals surface area contributed by atoms with Crippen molar-refractivity contribution in [3.05, 3.63) is 0 Å². The van der Waals surface area contributed by atoms with E-state index in [1.165, 1.54) is 0 Å². The first-order valence-corrected chi connectivity index (χ1v) is 7.78. The standard InChI is InChI=1S/C11H20N2O3S/c1-7-3-10(7)11(14)13-4-8(2)9(5-13)6-17(12,15)16/h7-10H,3-6H2,1-2H3,(H2,12,15,16)/t7-,8+,9-,10-/m0/s1. The quantitative estimate of drug-likeness (QED) is 0.777. The van der Waals surface area contributed by atoms with Gasteiger partial charge in [-0.25, -0.2) is 13.6 Å². The summed E-state index contributed by atoms with van der Waals surface area (Å²) < 4.78 is 22.2. The lowest BCUT2D eigenvalue weighted by Crippen LogP contribution is -2.32. The Labute approximate surface area is 102 Å². The van der Waals surface area contributed by atoms with Crippen LogP contribution in [0.4, 0.5) is 0 Å². The molecule has 0 aromatic heterocycles. The second-order valence-electron chi connectivity index (χ2n) is 5.63. The Bertz CT molecular complexity index is 420. The SMILES string of the molecule is C[C@@H]1CN(C(=O)[C@H]2C[C@@H]2C)C[C@H]1CS(N)(=O)=O. The summed E-state index contributed by atoms with van der Waals surface area (Å²) in [4.78, 5) is 13.8. The summed E-state index contributed by atoms with van der Waals surface area (Å²) in [5.74, 6) is 1.05. The predicted octanol–water partition coefficient (Wildman–Crippen LogP) is 0.0254. The van der Waals surface area contributed by atoms with Gasteiger partial charge in [-0.15, -0.1) is 0 Å². The van der Waals surface area contributed by atoms with Gasteiger partial charge >= 0.3 is 0 Å². The number of hydrogen-bond donors (Lipinski definition) is 1. The van der Waals surface area contributed by atoms with Crippen LogP contribution in [0, 0.1) is 23.7 Å². The van der Waals surface area contributed by atoms with E-state index in [0.717, 1.165) is 6.42 Å². The molecule has 0 radical (unpaired) electrons. The molecule has 0 spiro atoms. The van der Waals surface area contributed by atoms with Gasteiger partial charge < -0.3 is 4.90 Å². The number of likely N-dealkylation sites (tertiary alicyclic amines) is 1. The van der Waals surface area contributed by atoms with Crippen LogP contribution < -0.4 is 5.14 Å². The van der Waals surface area contributed by atoms with Crippen molar-refractivity contribution in [3.63, 3.8) is 0 Å². The van der Waals surface area contributed by atoms with E-state index in [2.05, 4.69) is 6.92 Å². The van der Waals surface area contributed by atoms with Crippen LogP contribution in [-0.2, 0) is 14.8 Å². The van der Waals surface area contributed by atoms with E-state index >= 15 is 0 Å². The van der Waals surface area contributed by atoms with E-state index in [1.54, 1.807) is 0 Å². The summed E-state index contributed by atoms with van der Waals surface area (Å²) in [7, 11) is -3.44. The van der Waals surface area contributed by atoms with Crippen molar-refractivity contribution >= 4 is 15.9 Å². The lowest BCUT2D eigenvalue weighted by molar-refractivity contribution is -0.132. The lowest BCUT2D eigenvalue weighted by Gasteiger charge is -2.16. The van der Waals surface area contributed by atoms with Crippen LogP contribution >= 0.6 is 0 Å². The molecule has 1 aliphatic heterocycles. The monoisotopic (exact) mass is 260 g/mol. The number of nitrogens with two attached hydrogens (primary N) is 1. The van der Waals surface area contributed by atoms with E-state index in [9.17, 15) is 13.2 Å². The number of carbonyl (C=O) groups excluding carboxylic acids is 1. The zero-order valence-corrected chi connectivity index (χ0v) is 11.1. The number of primary sulfonamides is 1. The van der Waals surface area contributed by atoms with Gasteiger partial charge in [-0.1, -0.05) is 13.8 Å². The molecule has 1 saturated carbocycles. The first-order chi connectivity index (χ1) is 7.78. The Morgan fingerprint density at radius 1 is 1.29 bits per heavy atom. The van der Waals surface area contributed by atoms with E-state index in [-0.39, 0.29) is 29.4 Å². The van der Waals surface area contributed by atoms with E-state index in [0.29, 0.717) is 19.0 Å². The molecule has 1 saturated heterocycles. The molecule has 0 aromatic carbocycles. The fraction of sp³-hybridized carbons (Fsp3) is 0.909. The van der Waals surface area contributed by atoms with Gasteiger partial charge in [0, 0.05) is 19.0 Å². The maximum atomic E-state index is 12.0. The maximum Gasteiger partial charge on any atom is 0.225 e. The number of amides is 1. The predicted molar refractivity (Wildman–Crippen MR) is 64.5 cm³/mol. The summed E-state index contributed by atoms with van der Waals surface area (Å²) in [5, 5.41) is 5.06. The zero-order valence-electron chi connectivity index (χ0n) is 10.3. The molecule has 0 aromatic rings. The topological polar surface area (TPSA) is 80.5 Å². The molecule has 17 heavy (non-hydrogen) atoms. The van der Waals surface area contributed by atoms with E-state index in [4.69, 9.17) is 5.14 Å². The summed E-state index contributed by atoms with van der Waals surface area (Å²) >= 11 is 0. The highest BCUT2D eigenvalue weighted by atomic mass is 32.2. The summed E-state index contributed by atoms with van der Waals surface area (Å²) in [6, 6.07) is 0. The van der Waals surface area contributed by atoms with Crippen LogP contribution in [-0.4, -0.2) is 38.1 Å². The van der Waals surface area contributed by atoms with Crippen LogP contribution in [0.3, 0.4) is 0 Å². The van der Waals surface area contributed by atoms with Gasteiger partial charge in [-0.3, -0.25) is 4.79 Å². The average molecular weight is 260 g/mol. The van der Waals surface area contributed by atoms with Crippen molar-refractivity contribution in [3.8, 4) is 0 Å². The van der Waals surface area contributed by atoms with Gasteiger partial charge in [0.25, 0.3) is 0 Å². The minimum atomic E-state index is -3.44. The smallest absolute Gasteiger partial charge is 0.225 e. The third kappa shape index (κ3) is 2.98. The molecule has 0 unspecified atom stereocenters. The molecule has 6 heteroatoms. The Balaban J connectivity index is 1.95. The average Bonchev–Trinajstić information content (AvgIpc) is 2.80. The minimum absolute atomic E-state index is 0.0111. The number of nitrogens with zero attached hydrogens (tertiary/aromatic N) is 1. The van der Waals surface area contributed by atoms with Crippen molar-refractivity contribution in [2.24, 2.45) is 28.8 Å². The number of sulfonamides is 1. The van der Waals surface area contributed by atoms with Crippen molar-refractivity contribution < 1.29 is 13.2 Å². The largest absolute Gasteiger partial charge is 0.342 e. The van der Waals surface area contributed by atoms with Crippen molar-refractivity contribution in [2.75, 3.05) is 18.8 Å². The van der Waals surface area contributed by atoms with E-state index in [1.807, 2.05) is 11.8 Å². The molecule has 1 aliphatic carbocycles. The molecule has 1 heterocycles. The normalized spacial score (nSPS) is 37.2. The summed E-state index contributed by atoms with van der Waals surface area (Å²) in [6.07, 6.45) is 0.976. The highest BCUT2D eigenvalue weighted by Gasteiger charge is 2.44. The number of hydrogen-bond acceptors (Lipinski definition) is 3. The molecule has 98 valence electrons. The van der Waals surface area contributed by atoms with Crippen LogP contribution in [0.25, 0.3) is 0 Å². The molecule has 0 bridgehead atoms. The fourth-order valence-corrected chi connectivity index (χ4v) is 3.66. The first-order valence-electron chi connectivity index (χ1n) is 6.07. The molecule has 2 aliphatic rings. The van der Waals surface area contributed by atoms with Crippen LogP contribution in [0.5, 0.6) is 0 Å². The van der Waals surface area contributed by atoms with Gasteiger partial charge in [-0.05, 0) is 24.2 Å². The fourth-order valence-electron chi connectivity index (χ4n) is 2.63. The molecule has 5 nitrogen and oxygen atoms in total. The van der Waals surface area contributed by atoms with Gasteiger partial charge in [0.15, 0.2) is 0 Å². The molecule has 2 rings (SSSR count). The highest BCUT2D eigenvalue weighted by Crippen LogP contribution is 2.40. The Hall–Kier alpha value is -0.620. The highest BCUT2D eigenvalue weighted by molar-refractivity contribution is 7.89. The minimum Gasteiger partial charge on any atom is -0.342 e. The van der Waals surface area contributed by atoms with Crippen molar-refractivity contribution in [2.45, 2.75) is 20.3 Å². The van der Waals surface area contributed by atoms with E-state index < -0.39 is 10.0 Å². The molecule has 2 fully saturated rings. The number of carbonyl (C=O) groups is 1. The first kappa shape index (κ1) is 12.8. The van der Waals surface area contributed by atoms with Crippen LogP contribution in [0.2, 0.25) is 0 Å². The van der Waals surface area contributed by atoms with Crippen molar-refractivity contribution in [1.29, 1.82) is 0 Å². The second kappa shape index (κ2) is 4.24. The molecule has 4 atom stereocenters. The Kier molecular flexibility index (Phi) is 3.20. The lowest BCUT2D eigenvalue weighted by atomic mass is 10.0. The Morgan fingerprint density at radius 3 is 2.35 bits per heavy atom. The second-order valence-corrected chi connectivity index (χ2v) is 7.29.